The lowest BCUT2D eigenvalue weighted by atomic mass is 9.96. The van der Waals surface area contributed by atoms with Gasteiger partial charge < -0.3 is 14.8 Å². The highest BCUT2D eigenvalue weighted by Crippen LogP contribution is 2.21. The third kappa shape index (κ3) is 4.64. The van der Waals surface area contributed by atoms with Crippen LogP contribution >= 0.6 is 0 Å². The molecule has 0 aromatic carbocycles. The van der Waals surface area contributed by atoms with Crippen molar-refractivity contribution in [3.8, 4) is 0 Å². The molecule has 17 heavy (non-hydrogen) atoms. The van der Waals surface area contributed by atoms with Crippen molar-refractivity contribution in [2.75, 3.05) is 26.9 Å². The van der Waals surface area contributed by atoms with Crippen LogP contribution in [0.25, 0.3) is 0 Å². The van der Waals surface area contributed by atoms with Gasteiger partial charge in [-0.25, -0.2) is 0 Å². The van der Waals surface area contributed by atoms with Gasteiger partial charge in [-0.2, -0.15) is 0 Å². The highest BCUT2D eigenvalue weighted by Gasteiger charge is 2.29. The number of carbonyl (C=O) groups is 1. The molecule has 2 atom stereocenters. The Bertz CT molecular complexity index is 248. The summed E-state index contributed by atoms with van der Waals surface area (Å²) in [7, 11) is 1.71. The first kappa shape index (κ1) is 14.5. The smallest absolute Gasteiger partial charge is 0.311 e. The van der Waals surface area contributed by atoms with E-state index in [-0.39, 0.29) is 5.97 Å². The van der Waals surface area contributed by atoms with E-state index in [1.165, 1.54) is 0 Å². The van der Waals surface area contributed by atoms with Crippen molar-refractivity contribution in [3.63, 3.8) is 0 Å². The van der Waals surface area contributed by atoms with Crippen molar-refractivity contribution in [1.29, 1.82) is 0 Å². The molecule has 100 valence electrons. The quantitative estimate of drug-likeness (QED) is 0.745. The van der Waals surface area contributed by atoms with Crippen LogP contribution in [0.2, 0.25) is 0 Å². The number of hydrogen-bond donors (Lipinski definition) is 1. The average molecular weight is 243 g/mol. The van der Waals surface area contributed by atoms with Gasteiger partial charge in [-0.3, -0.25) is 4.79 Å². The highest BCUT2D eigenvalue weighted by molar-refractivity contribution is 5.75. The number of carbonyl (C=O) groups excluding carboxylic acids is 1. The molecule has 0 amide bonds. The number of ether oxygens (including phenoxy) is 2. The van der Waals surface area contributed by atoms with Gasteiger partial charge in [-0.1, -0.05) is 0 Å². The van der Waals surface area contributed by atoms with Crippen molar-refractivity contribution < 1.29 is 14.3 Å². The van der Waals surface area contributed by atoms with Gasteiger partial charge in [0.1, 0.15) is 0 Å². The van der Waals surface area contributed by atoms with E-state index < -0.39 is 5.41 Å². The molecule has 0 saturated carbocycles. The second-order valence-corrected chi connectivity index (χ2v) is 5.74. The van der Waals surface area contributed by atoms with Gasteiger partial charge in [-0.15, -0.1) is 0 Å². The Morgan fingerprint density at radius 1 is 1.41 bits per heavy atom. The minimum atomic E-state index is -0.409. The minimum Gasteiger partial charge on any atom is -0.465 e. The van der Waals surface area contributed by atoms with Crippen LogP contribution in [0.4, 0.5) is 0 Å². The van der Waals surface area contributed by atoms with Crippen LogP contribution in [0.3, 0.4) is 0 Å². The fourth-order valence-corrected chi connectivity index (χ4v) is 2.00. The summed E-state index contributed by atoms with van der Waals surface area (Å²) in [5.41, 5.74) is -0.409. The van der Waals surface area contributed by atoms with Crippen LogP contribution in [0, 0.1) is 11.3 Å². The molecule has 1 fully saturated rings. The van der Waals surface area contributed by atoms with Gasteiger partial charge >= 0.3 is 5.97 Å². The molecule has 1 aliphatic rings. The van der Waals surface area contributed by atoms with Crippen LogP contribution in [-0.4, -0.2) is 38.9 Å². The Morgan fingerprint density at radius 3 is 2.71 bits per heavy atom. The lowest BCUT2D eigenvalue weighted by Crippen LogP contribution is -2.32. The van der Waals surface area contributed by atoms with Gasteiger partial charge in [0, 0.05) is 25.7 Å². The van der Waals surface area contributed by atoms with Crippen LogP contribution < -0.4 is 5.32 Å². The van der Waals surface area contributed by atoms with Gasteiger partial charge in [-0.05, 0) is 40.2 Å². The Kier molecular flexibility index (Phi) is 5.40. The number of methoxy groups -OCH3 is 1. The zero-order valence-electron chi connectivity index (χ0n) is 11.4. The summed E-state index contributed by atoms with van der Waals surface area (Å²) in [6.07, 6.45) is 2.06. The molecule has 0 aromatic heterocycles. The van der Waals surface area contributed by atoms with Crippen LogP contribution in [-0.2, 0) is 14.3 Å². The molecular formula is C13H25NO3. The number of nitrogens with one attached hydrogen (secondary N) is 1. The Balaban J connectivity index is 2.33. The van der Waals surface area contributed by atoms with Crippen LogP contribution in [0.1, 0.15) is 33.6 Å². The lowest BCUT2D eigenvalue weighted by molar-refractivity contribution is -0.154. The monoisotopic (exact) mass is 243 g/mol. The molecular weight excluding hydrogens is 218 g/mol. The van der Waals surface area contributed by atoms with E-state index in [1.54, 1.807) is 7.11 Å². The maximum atomic E-state index is 11.7. The molecule has 0 radical (unpaired) electrons. The Hall–Kier alpha value is -0.610. The zero-order valence-corrected chi connectivity index (χ0v) is 11.4. The Labute approximate surface area is 104 Å². The van der Waals surface area contributed by atoms with E-state index in [0.29, 0.717) is 18.6 Å². The second kappa shape index (κ2) is 6.36. The molecule has 0 aromatic rings. The van der Waals surface area contributed by atoms with E-state index in [4.69, 9.17) is 9.47 Å². The summed E-state index contributed by atoms with van der Waals surface area (Å²) in [5, 5.41) is 3.43. The third-order valence-electron chi connectivity index (χ3n) is 3.16. The second-order valence-electron chi connectivity index (χ2n) is 5.74. The van der Waals surface area contributed by atoms with Crippen molar-refractivity contribution >= 4 is 5.97 Å². The number of esters is 1. The van der Waals surface area contributed by atoms with E-state index in [0.717, 1.165) is 26.0 Å². The van der Waals surface area contributed by atoms with Gasteiger partial charge in [0.2, 0.25) is 0 Å². The third-order valence-corrected chi connectivity index (χ3v) is 3.16. The maximum absolute atomic E-state index is 11.7. The van der Waals surface area contributed by atoms with E-state index in [9.17, 15) is 4.79 Å². The summed E-state index contributed by atoms with van der Waals surface area (Å²) in [4.78, 5) is 11.7. The van der Waals surface area contributed by atoms with Gasteiger partial charge in [0.25, 0.3) is 0 Å². The molecule has 1 saturated heterocycles. The van der Waals surface area contributed by atoms with Crippen molar-refractivity contribution in [3.05, 3.63) is 0 Å². The van der Waals surface area contributed by atoms with Crippen molar-refractivity contribution in [2.45, 2.75) is 39.7 Å². The Morgan fingerprint density at radius 2 is 2.12 bits per heavy atom. The first-order valence-electron chi connectivity index (χ1n) is 6.34. The molecule has 1 N–H and O–H groups in total. The van der Waals surface area contributed by atoms with Crippen molar-refractivity contribution in [2.24, 2.45) is 11.3 Å². The fourth-order valence-electron chi connectivity index (χ4n) is 2.00. The zero-order chi connectivity index (χ0) is 12.9. The molecule has 1 heterocycles. The standard InChI is InChI=1S/C13H25NO3/c1-13(2,3)12(15)17-9-10-5-7-14-11(10)6-8-16-4/h10-11,14H,5-9H2,1-4H3. The molecule has 1 rings (SSSR count). The predicted molar refractivity (Wildman–Crippen MR) is 66.8 cm³/mol. The number of rotatable bonds is 5. The predicted octanol–water partition coefficient (Wildman–Crippen LogP) is 1.59. The van der Waals surface area contributed by atoms with Crippen LogP contribution in [0.15, 0.2) is 0 Å². The normalized spacial score (nSPS) is 24.9. The lowest BCUT2D eigenvalue weighted by Gasteiger charge is -2.22. The summed E-state index contributed by atoms with van der Waals surface area (Å²) in [5.74, 6) is 0.311. The number of hydrogen-bond acceptors (Lipinski definition) is 4. The molecule has 0 spiro atoms. The summed E-state index contributed by atoms with van der Waals surface area (Å²) in [6, 6.07) is 0.419. The first-order chi connectivity index (χ1) is 7.95. The molecule has 2 unspecified atom stereocenters. The highest BCUT2D eigenvalue weighted by atomic mass is 16.5. The fraction of sp³-hybridized carbons (Fsp3) is 0.923. The van der Waals surface area contributed by atoms with Crippen LogP contribution in [0.5, 0.6) is 0 Å². The molecule has 0 aliphatic carbocycles. The van der Waals surface area contributed by atoms with E-state index in [2.05, 4.69) is 5.32 Å². The molecule has 4 heteroatoms. The minimum absolute atomic E-state index is 0.116. The topological polar surface area (TPSA) is 47.6 Å². The first-order valence-corrected chi connectivity index (χ1v) is 6.34. The van der Waals surface area contributed by atoms with E-state index in [1.807, 2.05) is 20.8 Å². The average Bonchev–Trinajstić information content (AvgIpc) is 2.69. The summed E-state index contributed by atoms with van der Waals surface area (Å²) < 4.78 is 10.5. The van der Waals surface area contributed by atoms with Crippen molar-refractivity contribution in [1.82, 2.24) is 5.32 Å². The summed E-state index contributed by atoms with van der Waals surface area (Å²) >= 11 is 0. The van der Waals surface area contributed by atoms with E-state index >= 15 is 0 Å². The van der Waals surface area contributed by atoms with Gasteiger partial charge in [0.05, 0.1) is 12.0 Å². The molecule has 0 bridgehead atoms. The summed E-state index contributed by atoms with van der Waals surface area (Å²) in [6.45, 7) is 7.92. The maximum Gasteiger partial charge on any atom is 0.311 e. The SMILES string of the molecule is COCCC1NCCC1COC(=O)C(C)(C)C. The molecule has 4 nitrogen and oxygen atoms in total. The molecule has 1 aliphatic heterocycles. The largest absolute Gasteiger partial charge is 0.465 e. The van der Waals surface area contributed by atoms with Gasteiger partial charge in [0.15, 0.2) is 0 Å².